The number of carbonyl (C=O) groups excluding carboxylic acids is 2. The minimum atomic E-state index is -0.603. The maximum atomic E-state index is 13.8. The molecular weight excluding hydrogens is 369 g/mol. The Hall–Kier alpha value is -1.92. The normalized spacial score (nSPS) is 16.6. The number of hydrogen-bond donors (Lipinski definition) is 0. The minimum Gasteiger partial charge on any atom is -0.268 e. The van der Waals surface area contributed by atoms with E-state index in [1.807, 2.05) is 24.3 Å². The Morgan fingerprint density at radius 1 is 1.09 bits per heavy atom. The molecule has 22 heavy (non-hydrogen) atoms. The Morgan fingerprint density at radius 3 is 2.59 bits per heavy atom. The lowest BCUT2D eigenvalue weighted by Gasteiger charge is -2.12. The largest absolute Gasteiger partial charge is 0.298 e. The van der Waals surface area contributed by atoms with Crippen molar-refractivity contribution < 1.29 is 14.0 Å². The van der Waals surface area contributed by atoms with Gasteiger partial charge in [0.2, 0.25) is 0 Å². The smallest absolute Gasteiger partial charge is 0.268 e. The van der Waals surface area contributed by atoms with Gasteiger partial charge in [-0.3, -0.25) is 9.59 Å². The van der Waals surface area contributed by atoms with E-state index in [4.69, 9.17) is 0 Å². The van der Waals surface area contributed by atoms with Gasteiger partial charge >= 0.3 is 0 Å². The number of hydrogen-bond acceptors (Lipinski definition) is 3. The standard InChI is InChI=1S/C16H9BrFNO2S/c17-11-5-3-4-10(8-11)9-14-15(20)19(16(21)22-14)13-7-2-1-6-12(13)18/h1-9H/b14-9-. The van der Waals surface area contributed by atoms with Crippen LogP contribution in [0.15, 0.2) is 57.9 Å². The first-order chi connectivity index (χ1) is 10.6. The second kappa shape index (κ2) is 6.06. The molecule has 0 atom stereocenters. The lowest BCUT2D eigenvalue weighted by atomic mass is 10.2. The fourth-order valence-electron chi connectivity index (χ4n) is 2.06. The number of anilines is 1. The maximum absolute atomic E-state index is 13.8. The molecule has 3 nitrogen and oxygen atoms in total. The van der Waals surface area contributed by atoms with Crippen molar-refractivity contribution in [2.45, 2.75) is 0 Å². The van der Waals surface area contributed by atoms with Crippen LogP contribution in [0.5, 0.6) is 0 Å². The molecule has 1 aliphatic rings. The van der Waals surface area contributed by atoms with E-state index in [1.165, 1.54) is 18.2 Å². The summed E-state index contributed by atoms with van der Waals surface area (Å²) in [6.45, 7) is 0. The van der Waals surface area contributed by atoms with Crippen LogP contribution in [0.2, 0.25) is 0 Å². The molecule has 0 spiro atoms. The molecule has 1 fully saturated rings. The van der Waals surface area contributed by atoms with Crippen LogP contribution in [0.25, 0.3) is 6.08 Å². The average Bonchev–Trinajstić information content (AvgIpc) is 2.74. The second-order valence-corrected chi connectivity index (χ2v) is 6.43. The van der Waals surface area contributed by atoms with Crippen molar-refractivity contribution in [2.24, 2.45) is 0 Å². The van der Waals surface area contributed by atoms with Gasteiger partial charge in [0, 0.05) is 4.47 Å². The summed E-state index contributed by atoms with van der Waals surface area (Å²) in [7, 11) is 0. The van der Waals surface area contributed by atoms with E-state index >= 15 is 0 Å². The number of amides is 2. The molecule has 0 radical (unpaired) electrons. The molecule has 6 heteroatoms. The van der Waals surface area contributed by atoms with Crippen molar-refractivity contribution in [1.29, 1.82) is 0 Å². The van der Waals surface area contributed by atoms with Gasteiger partial charge in [-0.1, -0.05) is 40.2 Å². The highest BCUT2D eigenvalue weighted by Gasteiger charge is 2.37. The van der Waals surface area contributed by atoms with Gasteiger partial charge < -0.3 is 0 Å². The molecule has 1 heterocycles. The molecule has 0 aliphatic carbocycles. The van der Waals surface area contributed by atoms with Gasteiger partial charge in [-0.15, -0.1) is 0 Å². The number of thioether (sulfide) groups is 1. The Labute approximate surface area is 138 Å². The first kappa shape index (κ1) is 15.0. The van der Waals surface area contributed by atoms with E-state index in [0.29, 0.717) is 0 Å². The first-order valence-electron chi connectivity index (χ1n) is 6.34. The number of rotatable bonds is 2. The van der Waals surface area contributed by atoms with E-state index in [2.05, 4.69) is 15.9 Å². The van der Waals surface area contributed by atoms with Crippen molar-refractivity contribution in [2.75, 3.05) is 4.90 Å². The van der Waals surface area contributed by atoms with Crippen LogP contribution in [0, 0.1) is 5.82 Å². The summed E-state index contributed by atoms with van der Waals surface area (Å²) in [5.74, 6) is -1.12. The van der Waals surface area contributed by atoms with Crippen LogP contribution in [0.1, 0.15) is 5.56 Å². The zero-order chi connectivity index (χ0) is 15.7. The zero-order valence-corrected chi connectivity index (χ0v) is 13.5. The number of benzene rings is 2. The van der Waals surface area contributed by atoms with Crippen LogP contribution in [0.4, 0.5) is 14.9 Å². The zero-order valence-electron chi connectivity index (χ0n) is 11.1. The average molecular weight is 378 g/mol. The summed E-state index contributed by atoms with van der Waals surface area (Å²) in [5, 5.41) is -0.503. The molecule has 0 aromatic heterocycles. The molecule has 1 aliphatic heterocycles. The van der Waals surface area contributed by atoms with Crippen molar-refractivity contribution in [3.8, 4) is 0 Å². The van der Waals surface area contributed by atoms with Crippen LogP contribution in [-0.2, 0) is 4.79 Å². The van der Waals surface area contributed by atoms with E-state index in [1.54, 1.807) is 12.1 Å². The molecular formula is C16H9BrFNO2S. The van der Waals surface area contributed by atoms with E-state index < -0.39 is 17.0 Å². The highest BCUT2D eigenvalue weighted by molar-refractivity contribution is 9.10. The van der Waals surface area contributed by atoms with E-state index in [-0.39, 0.29) is 10.6 Å². The third-order valence-corrected chi connectivity index (χ3v) is 4.40. The molecule has 0 unspecified atom stereocenters. The molecule has 3 rings (SSSR count). The molecule has 0 bridgehead atoms. The first-order valence-corrected chi connectivity index (χ1v) is 7.95. The molecule has 0 N–H and O–H groups in total. The monoisotopic (exact) mass is 377 g/mol. The summed E-state index contributed by atoms with van der Waals surface area (Å²) in [6, 6.07) is 13.1. The van der Waals surface area contributed by atoms with Gasteiger partial charge in [-0.05, 0) is 47.7 Å². The van der Waals surface area contributed by atoms with Gasteiger partial charge in [-0.2, -0.15) is 0 Å². The third-order valence-electron chi connectivity index (χ3n) is 3.03. The SMILES string of the molecule is O=C1S/C(=C\c2cccc(Br)c2)C(=O)N1c1ccccc1F. The predicted molar refractivity (Wildman–Crippen MR) is 89.0 cm³/mol. The van der Waals surface area contributed by atoms with Crippen LogP contribution >= 0.6 is 27.7 Å². The fraction of sp³-hybridized carbons (Fsp3) is 0. The summed E-state index contributed by atoms with van der Waals surface area (Å²) in [6.07, 6.45) is 1.62. The molecule has 110 valence electrons. The lowest BCUT2D eigenvalue weighted by Crippen LogP contribution is -2.28. The van der Waals surface area contributed by atoms with E-state index in [9.17, 15) is 14.0 Å². The van der Waals surface area contributed by atoms with Crippen molar-refractivity contribution in [3.63, 3.8) is 0 Å². The van der Waals surface area contributed by atoms with Crippen molar-refractivity contribution >= 4 is 50.6 Å². The maximum Gasteiger partial charge on any atom is 0.298 e. The molecule has 1 saturated heterocycles. The molecule has 2 aromatic carbocycles. The number of imide groups is 1. The van der Waals surface area contributed by atoms with Gasteiger partial charge in [0.15, 0.2) is 0 Å². The van der Waals surface area contributed by atoms with E-state index in [0.717, 1.165) is 26.7 Å². The second-order valence-electron chi connectivity index (χ2n) is 4.52. The Balaban J connectivity index is 1.97. The predicted octanol–water partition coefficient (Wildman–Crippen LogP) is 4.83. The Morgan fingerprint density at radius 2 is 1.86 bits per heavy atom. The van der Waals surface area contributed by atoms with Crippen molar-refractivity contribution in [3.05, 3.63) is 69.3 Å². The van der Waals surface area contributed by atoms with Crippen molar-refractivity contribution in [1.82, 2.24) is 0 Å². The lowest BCUT2D eigenvalue weighted by molar-refractivity contribution is -0.113. The highest BCUT2D eigenvalue weighted by atomic mass is 79.9. The van der Waals surface area contributed by atoms with Gasteiger partial charge in [0.25, 0.3) is 11.1 Å². The number of nitrogens with zero attached hydrogens (tertiary/aromatic N) is 1. The molecule has 2 aromatic rings. The Bertz CT molecular complexity index is 806. The fourth-order valence-corrected chi connectivity index (χ4v) is 3.31. The van der Waals surface area contributed by atoms with Crippen LogP contribution < -0.4 is 4.90 Å². The quantitative estimate of drug-likeness (QED) is 0.703. The minimum absolute atomic E-state index is 0.0253. The Kier molecular flexibility index (Phi) is 4.13. The van der Waals surface area contributed by atoms with Crippen LogP contribution in [0.3, 0.4) is 0 Å². The summed E-state index contributed by atoms with van der Waals surface area (Å²) in [5.41, 5.74) is 0.760. The summed E-state index contributed by atoms with van der Waals surface area (Å²) in [4.78, 5) is 25.6. The topological polar surface area (TPSA) is 37.4 Å². The van der Waals surface area contributed by atoms with Gasteiger partial charge in [-0.25, -0.2) is 9.29 Å². The summed E-state index contributed by atoms with van der Waals surface area (Å²) < 4.78 is 14.7. The van der Waals surface area contributed by atoms with Crippen LogP contribution in [-0.4, -0.2) is 11.1 Å². The number of halogens is 2. The number of carbonyl (C=O) groups is 2. The summed E-state index contributed by atoms with van der Waals surface area (Å²) >= 11 is 4.15. The van der Waals surface area contributed by atoms with Gasteiger partial charge in [0.05, 0.1) is 10.6 Å². The van der Waals surface area contributed by atoms with Gasteiger partial charge in [0.1, 0.15) is 5.82 Å². The third kappa shape index (κ3) is 2.84. The number of para-hydroxylation sites is 1. The highest BCUT2D eigenvalue weighted by Crippen LogP contribution is 2.36. The molecule has 0 saturated carbocycles. The molecule has 2 amide bonds.